The Morgan fingerprint density at radius 2 is 2.00 bits per heavy atom. The molecule has 3 nitrogen and oxygen atoms in total. The van der Waals surface area contributed by atoms with Gasteiger partial charge in [0, 0.05) is 6.20 Å². The smallest absolute Gasteiger partial charge is 0.192 e. The van der Waals surface area contributed by atoms with Crippen LogP contribution in [0.5, 0.6) is 0 Å². The topological polar surface area (TPSA) is 45.9 Å². The van der Waals surface area contributed by atoms with Crippen molar-refractivity contribution in [2.45, 2.75) is 45.5 Å². The standard InChI is InChI=1S/C13H20N2OSi/c1-13(2,3)17(4,5)16-10-12-7-6-11(8-14)9-15-12/h6-7,9H,10H2,1-5H3. The number of nitrogens with zero attached hydrogens (tertiary/aromatic N) is 2. The van der Waals surface area contributed by atoms with Gasteiger partial charge in [-0.3, -0.25) is 4.98 Å². The highest BCUT2D eigenvalue weighted by Gasteiger charge is 2.37. The highest BCUT2D eigenvalue weighted by Crippen LogP contribution is 2.36. The summed E-state index contributed by atoms with van der Waals surface area (Å²) in [4.78, 5) is 4.21. The molecule has 92 valence electrons. The van der Waals surface area contributed by atoms with Gasteiger partial charge < -0.3 is 4.43 Å². The van der Waals surface area contributed by atoms with E-state index >= 15 is 0 Å². The Morgan fingerprint density at radius 1 is 1.35 bits per heavy atom. The van der Waals surface area contributed by atoms with Crippen LogP contribution >= 0.6 is 0 Å². The van der Waals surface area contributed by atoms with Crippen molar-refractivity contribution in [3.63, 3.8) is 0 Å². The fourth-order valence-electron chi connectivity index (χ4n) is 1.05. The molecular formula is C13H20N2OSi. The second-order valence-electron chi connectivity index (χ2n) is 5.70. The molecule has 0 atom stereocenters. The first-order chi connectivity index (χ1) is 7.76. The molecule has 0 radical (unpaired) electrons. The first-order valence-corrected chi connectivity index (χ1v) is 8.66. The molecule has 0 N–H and O–H groups in total. The third kappa shape index (κ3) is 3.65. The average Bonchev–Trinajstić information content (AvgIpc) is 2.25. The highest BCUT2D eigenvalue weighted by atomic mass is 28.4. The zero-order valence-electron chi connectivity index (χ0n) is 11.2. The zero-order chi connectivity index (χ0) is 13.1. The Balaban J connectivity index is 2.65. The van der Waals surface area contributed by atoms with E-state index in [0.29, 0.717) is 12.2 Å². The van der Waals surface area contributed by atoms with E-state index in [1.807, 2.05) is 6.07 Å². The van der Waals surface area contributed by atoms with Gasteiger partial charge in [0.15, 0.2) is 8.32 Å². The number of rotatable bonds is 3. The van der Waals surface area contributed by atoms with Crippen LogP contribution in [0.1, 0.15) is 32.0 Å². The van der Waals surface area contributed by atoms with Crippen LogP contribution in [-0.4, -0.2) is 13.3 Å². The van der Waals surface area contributed by atoms with E-state index < -0.39 is 8.32 Å². The maximum absolute atomic E-state index is 8.68. The van der Waals surface area contributed by atoms with Gasteiger partial charge >= 0.3 is 0 Å². The van der Waals surface area contributed by atoms with Gasteiger partial charge in [-0.25, -0.2) is 0 Å². The van der Waals surface area contributed by atoms with E-state index in [-0.39, 0.29) is 5.04 Å². The summed E-state index contributed by atoms with van der Waals surface area (Å²) in [7, 11) is -1.71. The predicted octanol–water partition coefficient (Wildman–Crippen LogP) is 3.48. The molecule has 0 unspecified atom stereocenters. The normalized spacial score (nSPS) is 12.2. The molecule has 0 saturated heterocycles. The van der Waals surface area contributed by atoms with Crippen LogP contribution in [0, 0.1) is 11.3 Å². The lowest BCUT2D eigenvalue weighted by Gasteiger charge is -2.36. The Kier molecular flexibility index (Phi) is 4.07. The first kappa shape index (κ1) is 13.9. The lowest BCUT2D eigenvalue weighted by molar-refractivity contribution is 0.272. The monoisotopic (exact) mass is 248 g/mol. The summed E-state index contributed by atoms with van der Waals surface area (Å²) in [6, 6.07) is 5.68. The molecule has 0 fully saturated rings. The third-order valence-corrected chi connectivity index (χ3v) is 7.82. The van der Waals surface area contributed by atoms with Gasteiger partial charge in [0.25, 0.3) is 0 Å². The second kappa shape index (κ2) is 4.99. The van der Waals surface area contributed by atoms with Gasteiger partial charge in [-0.1, -0.05) is 20.8 Å². The van der Waals surface area contributed by atoms with Crippen LogP contribution in [-0.2, 0) is 11.0 Å². The quantitative estimate of drug-likeness (QED) is 0.769. The number of nitriles is 1. The van der Waals surface area contributed by atoms with E-state index in [9.17, 15) is 0 Å². The Hall–Kier alpha value is -1.18. The number of aromatic nitrogens is 1. The molecule has 1 rings (SSSR count). The summed E-state index contributed by atoms with van der Waals surface area (Å²) in [5.74, 6) is 0. The average molecular weight is 248 g/mol. The molecule has 0 bridgehead atoms. The van der Waals surface area contributed by atoms with Gasteiger partial charge in [0.05, 0.1) is 17.9 Å². The lowest BCUT2D eigenvalue weighted by Crippen LogP contribution is -2.40. The summed E-state index contributed by atoms with van der Waals surface area (Å²) in [5, 5.41) is 8.89. The first-order valence-electron chi connectivity index (χ1n) is 5.75. The van der Waals surface area contributed by atoms with Gasteiger partial charge in [-0.2, -0.15) is 5.26 Å². The molecule has 4 heteroatoms. The predicted molar refractivity (Wildman–Crippen MR) is 70.9 cm³/mol. The van der Waals surface area contributed by atoms with Gasteiger partial charge in [0.2, 0.25) is 0 Å². The fraction of sp³-hybridized carbons (Fsp3) is 0.538. The van der Waals surface area contributed by atoms with Gasteiger partial charge in [-0.15, -0.1) is 0 Å². The van der Waals surface area contributed by atoms with Crippen molar-refractivity contribution >= 4 is 8.32 Å². The molecule has 17 heavy (non-hydrogen) atoms. The van der Waals surface area contributed by atoms with Crippen molar-refractivity contribution in [1.82, 2.24) is 4.98 Å². The third-order valence-electron chi connectivity index (χ3n) is 3.34. The van der Waals surface area contributed by atoms with E-state index in [4.69, 9.17) is 9.69 Å². The van der Waals surface area contributed by atoms with Gasteiger partial charge in [-0.05, 0) is 30.3 Å². The van der Waals surface area contributed by atoms with Crippen molar-refractivity contribution in [1.29, 1.82) is 5.26 Å². The molecule has 0 aliphatic rings. The summed E-state index contributed by atoms with van der Waals surface area (Å²) in [5.41, 5.74) is 1.47. The maximum Gasteiger partial charge on any atom is 0.192 e. The van der Waals surface area contributed by atoms with Gasteiger partial charge in [0.1, 0.15) is 6.07 Å². The molecule has 1 aromatic rings. The molecule has 0 spiro atoms. The number of hydrogen-bond donors (Lipinski definition) is 0. The van der Waals surface area contributed by atoms with E-state index in [1.54, 1.807) is 12.3 Å². The highest BCUT2D eigenvalue weighted by molar-refractivity contribution is 6.74. The molecule has 0 aliphatic heterocycles. The minimum Gasteiger partial charge on any atom is -0.411 e. The molecule has 0 saturated carbocycles. The minimum absolute atomic E-state index is 0.208. The van der Waals surface area contributed by atoms with Crippen molar-refractivity contribution in [2.75, 3.05) is 0 Å². The largest absolute Gasteiger partial charge is 0.411 e. The summed E-state index contributed by atoms with van der Waals surface area (Å²) in [6.07, 6.45) is 1.59. The molecular weight excluding hydrogens is 228 g/mol. The maximum atomic E-state index is 8.68. The van der Waals surface area contributed by atoms with Crippen molar-refractivity contribution in [3.05, 3.63) is 29.6 Å². The van der Waals surface area contributed by atoms with E-state index in [1.165, 1.54) is 0 Å². The van der Waals surface area contributed by atoms with E-state index in [0.717, 1.165) is 5.69 Å². The SMILES string of the molecule is CC(C)(C)[Si](C)(C)OCc1ccc(C#N)cn1. The van der Waals surface area contributed by atoms with Crippen molar-refractivity contribution in [2.24, 2.45) is 0 Å². The summed E-state index contributed by atoms with van der Waals surface area (Å²) >= 11 is 0. The van der Waals surface area contributed by atoms with Crippen LogP contribution in [0.4, 0.5) is 0 Å². The van der Waals surface area contributed by atoms with E-state index in [2.05, 4.69) is 44.9 Å². The van der Waals surface area contributed by atoms with Crippen LogP contribution in [0.3, 0.4) is 0 Å². The second-order valence-corrected chi connectivity index (χ2v) is 10.5. The van der Waals surface area contributed by atoms with Crippen LogP contribution < -0.4 is 0 Å². The fourth-order valence-corrected chi connectivity index (χ4v) is 1.99. The number of hydrogen-bond acceptors (Lipinski definition) is 3. The van der Waals surface area contributed by atoms with Crippen LogP contribution in [0.25, 0.3) is 0 Å². The Labute approximate surface area is 105 Å². The molecule has 0 amide bonds. The Morgan fingerprint density at radius 3 is 2.41 bits per heavy atom. The van der Waals surface area contributed by atoms with Crippen molar-refractivity contribution < 1.29 is 4.43 Å². The Bertz CT molecular complexity index is 413. The lowest BCUT2D eigenvalue weighted by atomic mass is 10.2. The summed E-state index contributed by atoms with van der Waals surface area (Å²) < 4.78 is 6.05. The van der Waals surface area contributed by atoms with Crippen LogP contribution in [0.15, 0.2) is 18.3 Å². The summed E-state index contributed by atoms with van der Waals surface area (Å²) in [6.45, 7) is 11.6. The zero-order valence-corrected chi connectivity index (χ0v) is 12.2. The number of pyridine rings is 1. The molecule has 1 aromatic heterocycles. The molecule has 0 aromatic carbocycles. The molecule has 1 heterocycles. The molecule has 0 aliphatic carbocycles. The van der Waals surface area contributed by atoms with Crippen LogP contribution in [0.2, 0.25) is 18.1 Å². The minimum atomic E-state index is -1.71. The van der Waals surface area contributed by atoms with Crippen molar-refractivity contribution in [3.8, 4) is 6.07 Å².